The number of nitrogens with two attached hydrogens (primary N) is 1. The number of benzene rings is 1. The number of hydrogen-bond donors (Lipinski definition) is 1. The van der Waals surface area contributed by atoms with Crippen LogP contribution in [0, 0.1) is 5.41 Å². The molecule has 1 saturated carbocycles. The quantitative estimate of drug-likeness (QED) is 0.896. The van der Waals surface area contributed by atoms with Crippen LogP contribution in [0.5, 0.6) is 5.75 Å². The van der Waals surface area contributed by atoms with Crippen molar-refractivity contribution in [2.75, 3.05) is 12.4 Å². The fourth-order valence-corrected chi connectivity index (χ4v) is 4.28. The first kappa shape index (κ1) is 15.9. The van der Waals surface area contributed by atoms with Gasteiger partial charge in [-0.1, -0.05) is 42.1 Å². The van der Waals surface area contributed by atoms with E-state index in [2.05, 4.69) is 0 Å². The van der Waals surface area contributed by atoms with E-state index in [9.17, 15) is 8.42 Å². The lowest BCUT2D eigenvalue weighted by molar-refractivity contribution is 0.170. The Hall–Kier alpha value is -0.490. The first-order valence-corrected chi connectivity index (χ1v) is 8.86. The smallest absolute Gasteiger partial charge is 0.209 e. The third-order valence-corrected chi connectivity index (χ3v) is 5.44. The molecule has 0 heterocycles. The molecule has 1 aliphatic carbocycles. The van der Waals surface area contributed by atoms with Gasteiger partial charge < -0.3 is 4.74 Å². The molecule has 1 fully saturated rings. The number of primary sulfonamides is 1. The number of rotatable bonds is 5. The number of hydrogen-bond acceptors (Lipinski definition) is 3. The Morgan fingerprint density at radius 3 is 2.50 bits per heavy atom. The van der Waals surface area contributed by atoms with Crippen molar-refractivity contribution in [3.63, 3.8) is 0 Å². The van der Waals surface area contributed by atoms with E-state index in [-0.39, 0.29) is 12.4 Å². The molecule has 0 aliphatic heterocycles. The molecule has 1 aromatic carbocycles. The summed E-state index contributed by atoms with van der Waals surface area (Å²) in [5, 5.41) is 5.95. The highest BCUT2D eigenvalue weighted by Gasteiger charge is 2.38. The summed E-state index contributed by atoms with van der Waals surface area (Å²) >= 11 is 12.0. The molecule has 7 heteroatoms. The van der Waals surface area contributed by atoms with Crippen LogP contribution in [0.25, 0.3) is 0 Å². The maximum atomic E-state index is 11.4. The zero-order valence-corrected chi connectivity index (χ0v) is 13.3. The molecule has 0 amide bonds. The average Bonchev–Trinajstić information content (AvgIpc) is 2.78. The minimum Gasteiger partial charge on any atom is -0.491 e. The summed E-state index contributed by atoms with van der Waals surface area (Å²) in [6.07, 6.45) is 3.56. The summed E-state index contributed by atoms with van der Waals surface area (Å²) in [5.41, 5.74) is -0.417. The van der Waals surface area contributed by atoms with Crippen molar-refractivity contribution in [3.05, 3.63) is 28.2 Å². The lowest BCUT2D eigenvalue weighted by Crippen LogP contribution is -2.36. The van der Waals surface area contributed by atoms with E-state index in [0.29, 0.717) is 15.8 Å². The Labute approximate surface area is 129 Å². The zero-order chi connectivity index (χ0) is 14.8. The van der Waals surface area contributed by atoms with Crippen LogP contribution in [0.2, 0.25) is 10.0 Å². The molecule has 0 atom stereocenters. The molecule has 0 radical (unpaired) electrons. The van der Waals surface area contributed by atoms with Crippen LogP contribution in [0.4, 0.5) is 0 Å². The van der Waals surface area contributed by atoms with Crippen LogP contribution in [-0.4, -0.2) is 20.8 Å². The van der Waals surface area contributed by atoms with Crippen molar-refractivity contribution in [3.8, 4) is 5.75 Å². The van der Waals surface area contributed by atoms with Crippen molar-refractivity contribution < 1.29 is 13.2 Å². The Bertz CT molecular complexity index is 583. The topological polar surface area (TPSA) is 69.4 Å². The van der Waals surface area contributed by atoms with Gasteiger partial charge in [0.15, 0.2) is 0 Å². The third kappa shape index (κ3) is 4.01. The van der Waals surface area contributed by atoms with E-state index in [1.807, 2.05) is 0 Å². The minimum atomic E-state index is -3.53. The Kier molecular flexibility index (Phi) is 4.84. The van der Waals surface area contributed by atoms with Gasteiger partial charge in [0.25, 0.3) is 0 Å². The van der Waals surface area contributed by atoms with Crippen molar-refractivity contribution >= 4 is 33.2 Å². The summed E-state index contributed by atoms with van der Waals surface area (Å²) in [5.74, 6) is 0.415. The second-order valence-electron chi connectivity index (χ2n) is 5.35. The van der Waals surface area contributed by atoms with Gasteiger partial charge in [-0.15, -0.1) is 0 Å². The monoisotopic (exact) mass is 337 g/mol. The van der Waals surface area contributed by atoms with Crippen molar-refractivity contribution in [2.24, 2.45) is 10.6 Å². The van der Waals surface area contributed by atoms with Gasteiger partial charge in [-0.05, 0) is 25.0 Å². The van der Waals surface area contributed by atoms with Crippen molar-refractivity contribution in [1.82, 2.24) is 0 Å². The van der Waals surface area contributed by atoms with E-state index >= 15 is 0 Å². The first-order valence-electron chi connectivity index (χ1n) is 6.39. The van der Waals surface area contributed by atoms with E-state index < -0.39 is 15.4 Å². The van der Waals surface area contributed by atoms with Crippen LogP contribution in [0.15, 0.2) is 18.2 Å². The molecule has 112 valence electrons. The number of halogens is 2. The molecule has 1 aromatic rings. The molecule has 1 aliphatic rings. The van der Waals surface area contributed by atoms with Gasteiger partial charge in [0, 0.05) is 5.41 Å². The summed E-state index contributed by atoms with van der Waals surface area (Å²) in [6.45, 7) is 0.281. The van der Waals surface area contributed by atoms with E-state index in [4.69, 9.17) is 33.1 Å². The van der Waals surface area contributed by atoms with Crippen molar-refractivity contribution in [1.29, 1.82) is 0 Å². The summed E-state index contributed by atoms with van der Waals surface area (Å²) in [6, 6.07) is 5.13. The predicted octanol–water partition coefficient (Wildman–Crippen LogP) is 3.22. The lowest BCUT2D eigenvalue weighted by Gasteiger charge is -2.28. The molecule has 0 saturated heterocycles. The molecule has 2 rings (SSSR count). The second-order valence-corrected chi connectivity index (χ2v) is 7.75. The summed E-state index contributed by atoms with van der Waals surface area (Å²) < 4.78 is 28.5. The Morgan fingerprint density at radius 1 is 1.25 bits per heavy atom. The highest BCUT2D eigenvalue weighted by molar-refractivity contribution is 7.89. The van der Waals surface area contributed by atoms with Gasteiger partial charge >= 0.3 is 0 Å². The van der Waals surface area contributed by atoms with E-state index in [1.165, 1.54) is 0 Å². The minimum absolute atomic E-state index is 0.0574. The molecule has 0 aromatic heterocycles. The average molecular weight is 338 g/mol. The van der Waals surface area contributed by atoms with Gasteiger partial charge in [0.2, 0.25) is 10.0 Å². The second kappa shape index (κ2) is 6.10. The van der Waals surface area contributed by atoms with Gasteiger partial charge in [0.05, 0.1) is 17.4 Å². The van der Waals surface area contributed by atoms with E-state index in [0.717, 1.165) is 25.7 Å². The number of sulfonamides is 1. The molecule has 20 heavy (non-hydrogen) atoms. The van der Waals surface area contributed by atoms with Crippen LogP contribution in [0.1, 0.15) is 25.7 Å². The molecule has 2 N–H and O–H groups in total. The SMILES string of the molecule is NS(=O)(=O)CC1(COc2cccc(Cl)c2Cl)CCCC1. The molecular formula is C13H17Cl2NO3S. The summed E-state index contributed by atoms with van der Waals surface area (Å²) in [7, 11) is -3.53. The van der Waals surface area contributed by atoms with Gasteiger partial charge in [-0.2, -0.15) is 0 Å². The van der Waals surface area contributed by atoms with Crippen molar-refractivity contribution in [2.45, 2.75) is 25.7 Å². The van der Waals surface area contributed by atoms with Gasteiger partial charge in [-0.3, -0.25) is 0 Å². The van der Waals surface area contributed by atoms with Crippen LogP contribution >= 0.6 is 23.2 Å². The highest BCUT2D eigenvalue weighted by Crippen LogP contribution is 2.40. The first-order chi connectivity index (χ1) is 9.31. The molecule has 0 spiro atoms. The Balaban J connectivity index is 2.12. The van der Waals surface area contributed by atoms with Crippen LogP contribution < -0.4 is 9.88 Å². The van der Waals surface area contributed by atoms with E-state index in [1.54, 1.807) is 18.2 Å². The van der Waals surface area contributed by atoms with Crippen LogP contribution in [0.3, 0.4) is 0 Å². The third-order valence-electron chi connectivity index (χ3n) is 3.62. The molecular weight excluding hydrogens is 321 g/mol. The molecule has 0 unspecified atom stereocenters. The Morgan fingerprint density at radius 2 is 1.90 bits per heavy atom. The lowest BCUT2D eigenvalue weighted by atomic mass is 9.90. The number of ether oxygens (including phenoxy) is 1. The maximum Gasteiger partial charge on any atom is 0.209 e. The fraction of sp³-hybridized carbons (Fsp3) is 0.538. The standard InChI is InChI=1S/C13H17Cl2NO3S/c14-10-4-3-5-11(12(10)15)19-8-13(6-1-2-7-13)9-20(16,17)18/h3-5H,1-2,6-9H2,(H2,16,17,18). The van der Waals surface area contributed by atoms with Gasteiger partial charge in [0.1, 0.15) is 10.8 Å². The summed E-state index contributed by atoms with van der Waals surface area (Å²) in [4.78, 5) is 0. The normalized spacial score (nSPS) is 18.1. The highest BCUT2D eigenvalue weighted by atomic mass is 35.5. The molecule has 0 bridgehead atoms. The largest absolute Gasteiger partial charge is 0.491 e. The zero-order valence-electron chi connectivity index (χ0n) is 10.9. The molecule has 4 nitrogen and oxygen atoms in total. The van der Waals surface area contributed by atoms with Gasteiger partial charge in [-0.25, -0.2) is 13.6 Å². The fourth-order valence-electron chi connectivity index (χ4n) is 2.71. The predicted molar refractivity (Wildman–Crippen MR) is 80.8 cm³/mol. The maximum absolute atomic E-state index is 11.4. The van der Waals surface area contributed by atoms with Crippen LogP contribution in [-0.2, 0) is 10.0 Å².